The number of hydrogen-bond donors (Lipinski definition) is 1. The third-order valence-electron chi connectivity index (χ3n) is 11.7. The van der Waals surface area contributed by atoms with Crippen LogP contribution >= 0.6 is 0 Å². The summed E-state index contributed by atoms with van der Waals surface area (Å²) in [4.78, 5) is 51.4. The second-order valence-corrected chi connectivity index (χ2v) is 26.8. The van der Waals surface area contributed by atoms with E-state index in [9.17, 15) is 19.6 Å². The fourth-order valence-electron chi connectivity index (χ4n) is 6.80. The number of likely N-dealkylation sites (tertiary alicyclic amines) is 1. The normalized spacial score (nSPS) is 28.1. The molecule has 3 saturated heterocycles. The zero-order valence-electron chi connectivity index (χ0n) is 32.0. The molecule has 1 aromatic carbocycles. The number of hydroxylamine groups is 2. The molecule has 51 heavy (non-hydrogen) atoms. The predicted octanol–water partition coefficient (Wildman–Crippen LogP) is 5.55. The molecule has 12 nitrogen and oxygen atoms in total. The van der Waals surface area contributed by atoms with Gasteiger partial charge in [0.05, 0.1) is 24.4 Å². The molecule has 0 aliphatic carbocycles. The summed E-state index contributed by atoms with van der Waals surface area (Å²) in [7, 11) is -5.09. The number of aromatic amines is 1. The highest BCUT2D eigenvalue weighted by Crippen LogP contribution is 2.49. The highest BCUT2D eigenvalue weighted by Gasteiger charge is 2.62. The average molecular weight is 740 g/mol. The van der Waals surface area contributed by atoms with Crippen LogP contribution in [0.15, 0.2) is 52.2 Å². The maximum atomic E-state index is 14.6. The number of hydrogen-bond acceptors (Lipinski definition) is 9. The van der Waals surface area contributed by atoms with E-state index in [-0.39, 0.29) is 28.4 Å². The lowest BCUT2D eigenvalue weighted by Crippen LogP contribution is -2.56. The maximum Gasteiger partial charge on any atom is 0.330 e. The van der Waals surface area contributed by atoms with Gasteiger partial charge in [-0.3, -0.25) is 24.0 Å². The summed E-state index contributed by atoms with van der Waals surface area (Å²) < 4.78 is 22.9. The third-order valence-corrected chi connectivity index (χ3v) is 20.7. The van der Waals surface area contributed by atoms with Gasteiger partial charge >= 0.3 is 5.69 Å². The molecule has 0 saturated carbocycles. The summed E-state index contributed by atoms with van der Waals surface area (Å²) in [5.41, 5.74) is -0.0814. The molecule has 3 aliphatic heterocycles. The van der Waals surface area contributed by atoms with Crippen LogP contribution in [0.25, 0.3) is 0 Å². The van der Waals surface area contributed by atoms with Gasteiger partial charge < -0.3 is 18.5 Å². The van der Waals surface area contributed by atoms with Crippen LogP contribution in [0.4, 0.5) is 0 Å². The second kappa shape index (κ2) is 14.8. The van der Waals surface area contributed by atoms with E-state index >= 15 is 0 Å². The Morgan fingerprint density at radius 2 is 1.55 bits per heavy atom. The van der Waals surface area contributed by atoms with Crippen LogP contribution in [0.1, 0.15) is 72.6 Å². The Morgan fingerprint density at radius 3 is 2.14 bits per heavy atom. The Bertz CT molecular complexity index is 1690. The Hall–Kier alpha value is -2.91. The number of rotatable bonds is 10. The lowest BCUT2D eigenvalue weighted by Gasteiger charge is -2.44. The molecule has 14 heteroatoms. The van der Waals surface area contributed by atoms with Crippen molar-refractivity contribution in [1.82, 2.24) is 19.5 Å². The van der Waals surface area contributed by atoms with E-state index in [0.717, 1.165) is 18.4 Å². The van der Waals surface area contributed by atoms with Crippen LogP contribution in [0.3, 0.4) is 0 Å². The summed E-state index contributed by atoms with van der Waals surface area (Å²) in [5, 5.41) is 11.0. The highest BCUT2D eigenvalue weighted by molar-refractivity contribution is 6.74. The first kappa shape index (κ1) is 39.3. The SMILES string of the molecule is CC(C)(C)[Si](C)(C)O[C@@H]1[C@@H]([C@@H]2ON(Cc3ccccc3)[C@H]3CCCN(CCC#N)C(=O)[C@@H]23)O[C@@H](n2ccc(=O)[nH]c2=O)[C@@H]1O[Si](C)(C)C(C)(C)C. The molecule has 1 aromatic heterocycles. The van der Waals surface area contributed by atoms with E-state index in [2.05, 4.69) is 78.8 Å². The number of benzene rings is 1. The Labute approximate surface area is 304 Å². The Morgan fingerprint density at radius 1 is 0.922 bits per heavy atom. The number of nitrogens with zero attached hydrogens (tertiary/aromatic N) is 4. The third kappa shape index (κ3) is 8.20. The summed E-state index contributed by atoms with van der Waals surface area (Å²) in [5.74, 6) is -0.695. The monoisotopic (exact) mass is 739 g/mol. The fraction of sp³-hybridized carbons (Fsp3) is 0.676. The molecule has 3 aliphatic rings. The first-order chi connectivity index (χ1) is 23.8. The Kier molecular flexibility index (Phi) is 11.4. The summed E-state index contributed by atoms with van der Waals surface area (Å²) in [6, 6.07) is 13.3. The topological polar surface area (TPSA) is 139 Å². The quantitative estimate of drug-likeness (QED) is 0.311. The van der Waals surface area contributed by atoms with Gasteiger partial charge in [0, 0.05) is 31.9 Å². The molecule has 5 rings (SSSR count). The average Bonchev–Trinajstić information content (AvgIpc) is 3.48. The summed E-state index contributed by atoms with van der Waals surface area (Å²) in [6.07, 6.45) is -0.867. The van der Waals surface area contributed by atoms with Crippen molar-refractivity contribution in [3.05, 3.63) is 69.0 Å². The van der Waals surface area contributed by atoms with Gasteiger partial charge in [0.15, 0.2) is 22.9 Å². The van der Waals surface area contributed by atoms with Crippen molar-refractivity contribution < 1.29 is 23.2 Å². The largest absolute Gasteiger partial charge is 0.408 e. The number of fused-ring (bicyclic) bond motifs is 1. The standard InChI is InChI=1S/C37H57N5O7Si2/c1-36(2,3)50(7,8)48-31-30(46-34(41-23-19-27(43)39-35(41)45)32(31)49-51(9,10)37(4,5)6)29-28-26(18-14-21-40(33(28)44)22-15-20-38)42(47-29)24-25-16-12-11-13-17-25/h11-13,16-17,19,23,26,28-32,34H,14-15,18,21-22,24H2,1-10H3,(H,39,43,45)/t26-,28+,29+,30+,31+,32+,34+/m0/s1. The van der Waals surface area contributed by atoms with E-state index < -0.39 is 64.4 Å². The first-order valence-electron chi connectivity index (χ1n) is 18.2. The van der Waals surface area contributed by atoms with E-state index in [1.54, 1.807) is 4.90 Å². The molecule has 7 atom stereocenters. The minimum atomic E-state index is -2.55. The number of carbonyl (C=O) groups is 1. The first-order valence-corrected chi connectivity index (χ1v) is 24.0. The van der Waals surface area contributed by atoms with E-state index in [1.165, 1.54) is 16.8 Å². The highest BCUT2D eigenvalue weighted by atomic mass is 28.4. The van der Waals surface area contributed by atoms with Gasteiger partial charge in [-0.25, -0.2) is 4.79 Å². The Balaban J connectivity index is 1.67. The van der Waals surface area contributed by atoms with Crippen molar-refractivity contribution in [3.63, 3.8) is 0 Å². The van der Waals surface area contributed by atoms with Gasteiger partial charge in [-0.15, -0.1) is 0 Å². The number of carbonyl (C=O) groups excluding carboxylic acids is 1. The fourth-order valence-corrected chi connectivity index (χ4v) is 9.39. The number of nitrogens with one attached hydrogen (secondary N) is 1. The molecule has 280 valence electrons. The summed E-state index contributed by atoms with van der Waals surface area (Å²) in [6.45, 7) is 23.0. The van der Waals surface area contributed by atoms with Crippen LogP contribution in [0, 0.1) is 17.2 Å². The molecular formula is C37H57N5O7Si2. The number of H-pyrrole nitrogens is 1. The van der Waals surface area contributed by atoms with E-state index in [1.807, 2.05) is 35.4 Å². The van der Waals surface area contributed by atoms with Crippen LogP contribution in [-0.4, -0.2) is 85.6 Å². The van der Waals surface area contributed by atoms with Crippen molar-refractivity contribution >= 4 is 22.5 Å². The lowest BCUT2D eigenvalue weighted by molar-refractivity contribution is -0.208. The smallest absolute Gasteiger partial charge is 0.330 e. The molecule has 3 fully saturated rings. The van der Waals surface area contributed by atoms with Crippen molar-refractivity contribution in [2.24, 2.45) is 5.92 Å². The number of amides is 1. The van der Waals surface area contributed by atoms with Gasteiger partial charge in [0.1, 0.15) is 24.4 Å². The summed E-state index contributed by atoms with van der Waals surface area (Å²) >= 11 is 0. The van der Waals surface area contributed by atoms with Gasteiger partial charge in [-0.05, 0) is 54.7 Å². The maximum absolute atomic E-state index is 14.6. The van der Waals surface area contributed by atoms with E-state index in [0.29, 0.717) is 19.6 Å². The zero-order chi connectivity index (χ0) is 37.5. The second-order valence-electron chi connectivity index (χ2n) is 17.3. The number of ether oxygens (including phenoxy) is 1. The zero-order valence-corrected chi connectivity index (χ0v) is 34.0. The van der Waals surface area contributed by atoms with E-state index in [4.69, 9.17) is 18.4 Å². The van der Waals surface area contributed by atoms with Crippen molar-refractivity contribution in [3.8, 4) is 6.07 Å². The molecule has 1 amide bonds. The van der Waals surface area contributed by atoms with Gasteiger partial charge in [0.2, 0.25) is 5.91 Å². The van der Waals surface area contributed by atoms with Gasteiger partial charge in [-0.1, -0.05) is 71.9 Å². The van der Waals surface area contributed by atoms with Crippen LogP contribution in [0.2, 0.25) is 36.3 Å². The minimum Gasteiger partial charge on any atom is -0.408 e. The molecule has 1 N–H and O–H groups in total. The van der Waals surface area contributed by atoms with Crippen LogP contribution in [0.5, 0.6) is 0 Å². The minimum absolute atomic E-state index is 0.0745. The van der Waals surface area contributed by atoms with Crippen LogP contribution < -0.4 is 11.2 Å². The number of aromatic nitrogens is 2. The van der Waals surface area contributed by atoms with Crippen molar-refractivity contribution in [1.29, 1.82) is 5.26 Å². The molecule has 0 spiro atoms. The molecule has 0 bridgehead atoms. The molecular weight excluding hydrogens is 683 g/mol. The molecule has 2 aromatic rings. The van der Waals surface area contributed by atoms with Crippen LogP contribution in [-0.2, 0) is 29.8 Å². The van der Waals surface area contributed by atoms with Gasteiger partial charge in [0.25, 0.3) is 5.56 Å². The predicted molar refractivity (Wildman–Crippen MR) is 200 cm³/mol. The number of nitriles is 1. The van der Waals surface area contributed by atoms with Crippen molar-refractivity contribution in [2.45, 2.75) is 140 Å². The molecule has 0 unspecified atom stereocenters. The lowest BCUT2D eigenvalue weighted by atomic mass is 9.87. The molecule has 0 radical (unpaired) electrons. The van der Waals surface area contributed by atoms with Gasteiger partial charge in [-0.2, -0.15) is 10.3 Å². The van der Waals surface area contributed by atoms with Crippen molar-refractivity contribution in [2.75, 3.05) is 13.1 Å². The molecule has 4 heterocycles.